The third-order valence-corrected chi connectivity index (χ3v) is 4.64. The van der Waals surface area contributed by atoms with E-state index in [1.54, 1.807) is 6.20 Å². The fourth-order valence-electron chi connectivity index (χ4n) is 2.95. The van der Waals surface area contributed by atoms with E-state index in [0.29, 0.717) is 12.2 Å². The van der Waals surface area contributed by atoms with E-state index in [1.807, 2.05) is 64.1 Å². The van der Waals surface area contributed by atoms with Crippen molar-refractivity contribution in [1.29, 1.82) is 0 Å². The van der Waals surface area contributed by atoms with E-state index in [-0.39, 0.29) is 12.5 Å². The maximum atomic E-state index is 12.4. The van der Waals surface area contributed by atoms with Crippen LogP contribution in [0.2, 0.25) is 0 Å². The predicted molar refractivity (Wildman–Crippen MR) is 106 cm³/mol. The lowest BCUT2D eigenvalue weighted by molar-refractivity contribution is -0.116. The summed E-state index contributed by atoms with van der Waals surface area (Å²) in [6.07, 6.45) is 5.44. The van der Waals surface area contributed by atoms with Gasteiger partial charge in [0.2, 0.25) is 5.91 Å². The smallest absolute Gasteiger partial charge is 0.244 e. The zero-order valence-corrected chi connectivity index (χ0v) is 15.6. The summed E-state index contributed by atoms with van der Waals surface area (Å²) in [6, 6.07) is 18.1. The highest BCUT2D eigenvalue weighted by molar-refractivity contribution is 9.10. The molecule has 0 radical (unpaired) electrons. The van der Waals surface area contributed by atoms with Crippen molar-refractivity contribution in [1.82, 2.24) is 14.3 Å². The van der Waals surface area contributed by atoms with E-state index in [9.17, 15) is 4.79 Å². The van der Waals surface area contributed by atoms with E-state index >= 15 is 0 Å². The third kappa shape index (κ3) is 3.70. The summed E-state index contributed by atoms with van der Waals surface area (Å²) in [5, 5.41) is 8.32. The molecule has 2 heterocycles. The Labute approximate surface area is 159 Å². The molecule has 2 aromatic heterocycles. The van der Waals surface area contributed by atoms with Gasteiger partial charge in [0.15, 0.2) is 0 Å². The minimum Gasteiger partial charge on any atom is -0.338 e. The molecule has 0 aliphatic carbocycles. The number of amides is 1. The highest BCUT2D eigenvalue weighted by atomic mass is 79.9. The first-order valence-corrected chi connectivity index (χ1v) is 9.07. The topological polar surface area (TPSA) is 51.9 Å². The molecule has 0 fully saturated rings. The average Bonchev–Trinajstić information content (AvgIpc) is 3.22. The van der Waals surface area contributed by atoms with E-state index in [1.165, 1.54) is 5.56 Å². The SMILES string of the molecule is O=C(Cn1ccc2cc(Br)ccc21)Nc1cnn(Cc2ccccc2)c1. The molecule has 2 aromatic carbocycles. The number of carbonyl (C=O) groups excluding carboxylic acids is 1. The first kappa shape index (κ1) is 16.6. The molecule has 0 aliphatic rings. The molecule has 26 heavy (non-hydrogen) atoms. The molecule has 6 heteroatoms. The first-order chi connectivity index (χ1) is 12.7. The number of fused-ring (bicyclic) bond motifs is 1. The van der Waals surface area contributed by atoms with Crippen LogP contribution >= 0.6 is 15.9 Å². The zero-order chi connectivity index (χ0) is 17.9. The van der Waals surface area contributed by atoms with Crippen LogP contribution in [0.4, 0.5) is 5.69 Å². The molecule has 0 spiro atoms. The second-order valence-electron chi connectivity index (χ2n) is 6.11. The molecule has 0 unspecified atom stereocenters. The van der Waals surface area contributed by atoms with Crippen molar-refractivity contribution in [3.05, 3.63) is 83.2 Å². The van der Waals surface area contributed by atoms with Crippen LogP contribution in [-0.2, 0) is 17.9 Å². The van der Waals surface area contributed by atoms with Gasteiger partial charge in [0.1, 0.15) is 6.54 Å². The van der Waals surface area contributed by atoms with Gasteiger partial charge < -0.3 is 9.88 Å². The lowest BCUT2D eigenvalue weighted by Crippen LogP contribution is -2.17. The van der Waals surface area contributed by atoms with Gasteiger partial charge >= 0.3 is 0 Å². The van der Waals surface area contributed by atoms with E-state index < -0.39 is 0 Å². The summed E-state index contributed by atoms with van der Waals surface area (Å²) < 4.78 is 4.77. The van der Waals surface area contributed by atoms with Crippen molar-refractivity contribution in [2.24, 2.45) is 0 Å². The molecule has 0 saturated carbocycles. The third-order valence-electron chi connectivity index (χ3n) is 4.15. The lowest BCUT2D eigenvalue weighted by atomic mass is 10.2. The van der Waals surface area contributed by atoms with Crippen molar-refractivity contribution in [3.63, 3.8) is 0 Å². The van der Waals surface area contributed by atoms with Crippen molar-refractivity contribution in [2.75, 3.05) is 5.32 Å². The Kier molecular flexibility index (Phi) is 4.58. The van der Waals surface area contributed by atoms with Crippen LogP contribution in [0.1, 0.15) is 5.56 Å². The molecule has 1 amide bonds. The largest absolute Gasteiger partial charge is 0.338 e. The number of hydrogen-bond acceptors (Lipinski definition) is 2. The summed E-state index contributed by atoms with van der Waals surface area (Å²) >= 11 is 3.46. The van der Waals surface area contributed by atoms with Gasteiger partial charge in [-0.1, -0.05) is 46.3 Å². The maximum absolute atomic E-state index is 12.4. The number of rotatable bonds is 5. The number of halogens is 1. The Hall–Kier alpha value is -2.86. The Morgan fingerprint density at radius 3 is 2.81 bits per heavy atom. The number of nitrogens with one attached hydrogen (secondary N) is 1. The molecule has 0 saturated heterocycles. The highest BCUT2D eigenvalue weighted by Gasteiger charge is 2.08. The van der Waals surface area contributed by atoms with Crippen LogP contribution in [0.25, 0.3) is 10.9 Å². The molecule has 0 aliphatic heterocycles. The van der Waals surface area contributed by atoms with E-state index in [0.717, 1.165) is 15.4 Å². The molecule has 0 bridgehead atoms. The minimum absolute atomic E-state index is 0.0790. The predicted octanol–water partition coefficient (Wildman–Crippen LogP) is 4.29. The van der Waals surface area contributed by atoms with Crippen LogP contribution in [0.5, 0.6) is 0 Å². The Morgan fingerprint density at radius 2 is 1.96 bits per heavy atom. The Bertz CT molecular complexity index is 1050. The number of aromatic nitrogens is 3. The van der Waals surface area contributed by atoms with Gasteiger partial charge in [0.05, 0.1) is 18.4 Å². The monoisotopic (exact) mass is 408 g/mol. The Morgan fingerprint density at radius 1 is 1.12 bits per heavy atom. The molecule has 130 valence electrons. The number of benzene rings is 2. The summed E-state index contributed by atoms with van der Waals surface area (Å²) in [6.45, 7) is 0.933. The number of nitrogens with zero attached hydrogens (tertiary/aromatic N) is 3. The maximum Gasteiger partial charge on any atom is 0.244 e. The average molecular weight is 409 g/mol. The molecule has 5 nitrogen and oxygen atoms in total. The normalized spacial score (nSPS) is 11.0. The molecule has 4 aromatic rings. The van der Waals surface area contributed by atoms with Crippen LogP contribution in [-0.4, -0.2) is 20.3 Å². The standard InChI is InChI=1S/C20H17BrN4O/c21-17-6-7-19-16(10-17)8-9-24(19)14-20(26)23-18-11-22-25(13-18)12-15-4-2-1-3-5-15/h1-11,13H,12,14H2,(H,23,26). The summed E-state index contributed by atoms with van der Waals surface area (Å²) in [4.78, 5) is 12.4. The molecular weight excluding hydrogens is 392 g/mol. The molecular formula is C20H17BrN4O. The van der Waals surface area contributed by atoms with Crippen LogP contribution < -0.4 is 5.32 Å². The molecule has 4 rings (SSSR count). The van der Waals surface area contributed by atoms with Crippen molar-refractivity contribution >= 4 is 38.4 Å². The van der Waals surface area contributed by atoms with Gasteiger partial charge in [0.25, 0.3) is 0 Å². The van der Waals surface area contributed by atoms with Crippen LogP contribution in [0.3, 0.4) is 0 Å². The van der Waals surface area contributed by atoms with Gasteiger partial charge in [0, 0.05) is 27.8 Å². The fraction of sp³-hybridized carbons (Fsp3) is 0.100. The van der Waals surface area contributed by atoms with E-state index in [4.69, 9.17) is 0 Å². The summed E-state index contributed by atoms with van der Waals surface area (Å²) in [5.41, 5.74) is 2.90. The number of hydrogen-bond donors (Lipinski definition) is 1. The second-order valence-corrected chi connectivity index (χ2v) is 7.02. The summed E-state index contributed by atoms with van der Waals surface area (Å²) in [7, 11) is 0. The zero-order valence-electron chi connectivity index (χ0n) is 14.0. The van der Waals surface area contributed by atoms with Crippen LogP contribution in [0, 0.1) is 0 Å². The van der Waals surface area contributed by atoms with Gasteiger partial charge in [-0.05, 0) is 29.8 Å². The summed E-state index contributed by atoms with van der Waals surface area (Å²) in [5.74, 6) is -0.0790. The van der Waals surface area contributed by atoms with E-state index in [2.05, 4.69) is 38.5 Å². The first-order valence-electron chi connectivity index (χ1n) is 8.28. The fourth-order valence-corrected chi connectivity index (χ4v) is 3.33. The lowest BCUT2D eigenvalue weighted by Gasteiger charge is -2.06. The molecule has 1 N–H and O–H groups in total. The Balaban J connectivity index is 1.42. The van der Waals surface area contributed by atoms with Gasteiger partial charge in [-0.2, -0.15) is 5.10 Å². The van der Waals surface area contributed by atoms with Crippen molar-refractivity contribution in [2.45, 2.75) is 13.1 Å². The van der Waals surface area contributed by atoms with Gasteiger partial charge in [-0.15, -0.1) is 0 Å². The highest BCUT2D eigenvalue weighted by Crippen LogP contribution is 2.21. The van der Waals surface area contributed by atoms with Crippen molar-refractivity contribution in [3.8, 4) is 0 Å². The minimum atomic E-state index is -0.0790. The van der Waals surface area contributed by atoms with Crippen LogP contribution in [0.15, 0.2) is 77.7 Å². The second kappa shape index (κ2) is 7.17. The molecule has 0 atom stereocenters. The van der Waals surface area contributed by atoms with Gasteiger partial charge in [-0.3, -0.25) is 9.48 Å². The number of carbonyl (C=O) groups is 1. The quantitative estimate of drug-likeness (QED) is 0.535. The number of anilines is 1. The van der Waals surface area contributed by atoms with Crippen molar-refractivity contribution < 1.29 is 4.79 Å². The van der Waals surface area contributed by atoms with Gasteiger partial charge in [-0.25, -0.2) is 0 Å².